The molecule has 0 radical (unpaired) electrons. The van der Waals surface area contributed by atoms with Gasteiger partial charge in [0, 0.05) is 18.3 Å². The number of aromatic nitrogens is 2. The summed E-state index contributed by atoms with van der Waals surface area (Å²) in [5.74, 6) is 3.78. The molecule has 4 atom stereocenters. The topological polar surface area (TPSA) is 29.7 Å². The Morgan fingerprint density at radius 1 is 1.15 bits per heavy atom. The Bertz CT molecular complexity index is 799. The Balaban J connectivity index is 1.97. The number of hydrogen-bond donors (Lipinski definition) is 0. The van der Waals surface area contributed by atoms with Gasteiger partial charge in [-0.25, -0.2) is 9.98 Å². The van der Waals surface area contributed by atoms with Crippen molar-refractivity contribution in [1.29, 1.82) is 0 Å². The first-order chi connectivity index (χ1) is 12.4. The van der Waals surface area contributed by atoms with Crippen molar-refractivity contribution in [2.45, 2.75) is 53.9 Å². The minimum atomic E-state index is 0.280. The van der Waals surface area contributed by atoms with Crippen LogP contribution in [-0.2, 0) is 0 Å². The first-order valence-corrected chi connectivity index (χ1v) is 10.1. The summed E-state index contributed by atoms with van der Waals surface area (Å²) < 4.78 is 2.06. The zero-order chi connectivity index (χ0) is 18.8. The fourth-order valence-electron chi connectivity index (χ4n) is 4.87. The molecule has 2 aromatic rings. The van der Waals surface area contributed by atoms with E-state index < -0.39 is 0 Å². The Kier molecular flexibility index (Phi) is 5.64. The molecule has 3 heterocycles. The first-order valence-electron chi connectivity index (χ1n) is 10.1. The molecule has 0 fully saturated rings. The van der Waals surface area contributed by atoms with Crippen molar-refractivity contribution in [1.82, 2.24) is 9.38 Å². The molecule has 140 valence electrons. The number of imidazole rings is 1. The zero-order valence-electron chi connectivity index (χ0n) is 16.9. The van der Waals surface area contributed by atoms with E-state index >= 15 is 0 Å². The van der Waals surface area contributed by atoms with Crippen LogP contribution >= 0.6 is 0 Å². The summed E-state index contributed by atoms with van der Waals surface area (Å²) in [5, 5.41) is 0. The lowest BCUT2D eigenvalue weighted by Gasteiger charge is -2.37. The Morgan fingerprint density at radius 2 is 1.92 bits per heavy atom. The van der Waals surface area contributed by atoms with E-state index in [1.807, 2.05) is 24.4 Å². The lowest BCUT2D eigenvalue weighted by Crippen LogP contribution is -2.31. The van der Waals surface area contributed by atoms with Gasteiger partial charge in [0.1, 0.15) is 11.3 Å². The van der Waals surface area contributed by atoms with E-state index in [0.29, 0.717) is 23.7 Å². The van der Waals surface area contributed by atoms with Gasteiger partial charge in [-0.2, -0.15) is 0 Å². The SMILES string of the molecule is C=C1c2nc3ccccn3c2N=C[C@@H]1[C@H]([C@H](C)CCC)[C@H](C)CC(C)C. The second-order valence-electron chi connectivity index (χ2n) is 8.49. The van der Waals surface area contributed by atoms with Crippen LogP contribution in [0.4, 0.5) is 5.82 Å². The van der Waals surface area contributed by atoms with Crippen LogP contribution in [0.1, 0.15) is 59.6 Å². The normalized spacial score (nSPS) is 20.4. The minimum absolute atomic E-state index is 0.280. The standard InChI is InChI=1S/C23H33N3/c1-7-10-16(4)21(17(5)13-15(2)3)19-14-24-23-22(18(19)6)25-20-11-8-9-12-26(20)23/h8-9,11-12,14-17,19,21H,6-7,10,13H2,1-5H3/t16-,17-,19+,21-/m1/s1. The Labute approximate surface area is 158 Å². The summed E-state index contributed by atoms with van der Waals surface area (Å²) in [6, 6.07) is 6.08. The van der Waals surface area contributed by atoms with Crippen LogP contribution in [-0.4, -0.2) is 15.6 Å². The third-order valence-electron chi connectivity index (χ3n) is 5.88. The molecule has 2 aromatic heterocycles. The van der Waals surface area contributed by atoms with Gasteiger partial charge in [0.05, 0.1) is 0 Å². The summed E-state index contributed by atoms with van der Waals surface area (Å²) in [6.45, 7) is 16.2. The average molecular weight is 352 g/mol. The largest absolute Gasteiger partial charge is 0.284 e. The quantitative estimate of drug-likeness (QED) is 0.566. The van der Waals surface area contributed by atoms with Gasteiger partial charge in [0.25, 0.3) is 0 Å². The fraction of sp³-hybridized carbons (Fsp3) is 0.565. The smallest absolute Gasteiger partial charge is 0.164 e. The van der Waals surface area contributed by atoms with Gasteiger partial charge in [0.15, 0.2) is 5.82 Å². The Hall–Kier alpha value is -1.90. The molecule has 0 spiro atoms. The summed E-state index contributed by atoms with van der Waals surface area (Å²) in [4.78, 5) is 9.69. The predicted octanol–water partition coefficient (Wildman–Crippen LogP) is 6.41. The number of rotatable bonds is 7. The van der Waals surface area contributed by atoms with Crippen LogP contribution in [0.15, 0.2) is 36.0 Å². The maximum absolute atomic E-state index is 4.85. The molecule has 0 saturated carbocycles. The number of aliphatic imine (C=N–C) groups is 1. The van der Waals surface area contributed by atoms with Crippen molar-refractivity contribution in [3.05, 3.63) is 36.7 Å². The molecule has 0 bridgehead atoms. The highest BCUT2D eigenvalue weighted by molar-refractivity contribution is 5.90. The van der Waals surface area contributed by atoms with E-state index in [-0.39, 0.29) is 5.92 Å². The van der Waals surface area contributed by atoms with Crippen molar-refractivity contribution in [2.24, 2.45) is 34.6 Å². The molecule has 3 rings (SSSR count). The predicted molar refractivity (Wildman–Crippen MR) is 112 cm³/mol. The van der Waals surface area contributed by atoms with E-state index in [9.17, 15) is 0 Å². The van der Waals surface area contributed by atoms with Crippen molar-refractivity contribution in [3.63, 3.8) is 0 Å². The lowest BCUT2D eigenvalue weighted by atomic mass is 9.68. The molecule has 26 heavy (non-hydrogen) atoms. The molecule has 0 saturated heterocycles. The van der Waals surface area contributed by atoms with Gasteiger partial charge in [-0.3, -0.25) is 4.40 Å². The van der Waals surface area contributed by atoms with Gasteiger partial charge in [-0.05, 0) is 47.8 Å². The van der Waals surface area contributed by atoms with Crippen LogP contribution in [0.2, 0.25) is 0 Å². The molecule has 0 aromatic carbocycles. The molecule has 0 N–H and O–H groups in total. The van der Waals surface area contributed by atoms with Crippen LogP contribution in [0.3, 0.4) is 0 Å². The third kappa shape index (κ3) is 3.49. The summed E-state index contributed by atoms with van der Waals surface area (Å²) >= 11 is 0. The van der Waals surface area contributed by atoms with E-state index in [0.717, 1.165) is 22.7 Å². The number of nitrogens with zero attached hydrogens (tertiary/aromatic N) is 3. The van der Waals surface area contributed by atoms with Crippen LogP contribution in [0.25, 0.3) is 11.2 Å². The molecule has 0 amide bonds. The maximum atomic E-state index is 4.85. The third-order valence-corrected chi connectivity index (χ3v) is 5.88. The highest BCUT2D eigenvalue weighted by Crippen LogP contribution is 2.44. The molecule has 0 aliphatic carbocycles. The highest BCUT2D eigenvalue weighted by Gasteiger charge is 2.36. The number of pyridine rings is 1. The molecule has 3 heteroatoms. The maximum Gasteiger partial charge on any atom is 0.164 e. The second-order valence-corrected chi connectivity index (χ2v) is 8.49. The van der Waals surface area contributed by atoms with Crippen molar-refractivity contribution < 1.29 is 0 Å². The fourth-order valence-corrected chi connectivity index (χ4v) is 4.87. The minimum Gasteiger partial charge on any atom is -0.284 e. The van der Waals surface area contributed by atoms with Crippen LogP contribution in [0, 0.1) is 29.6 Å². The summed E-state index contributed by atoms with van der Waals surface area (Å²) in [6.07, 6.45) is 7.91. The zero-order valence-corrected chi connectivity index (χ0v) is 16.9. The van der Waals surface area contributed by atoms with E-state index in [2.05, 4.69) is 51.8 Å². The molecule has 1 aliphatic rings. The van der Waals surface area contributed by atoms with Gasteiger partial charge >= 0.3 is 0 Å². The van der Waals surface area contributed by atoms with Gasteiger partial charge in [-0.15, -0.1) is 0 Å². The lowest BCUT2D eigenvalue weighted by molar-refractivity contribution is 0.197. The van der Waals surface area contributed by atoms with Gasteiger partial charge in [-0.1, -0.05) is 60.1 Å². The van der Waals surface area contributed by atoms with Gasteiger partial charge in [0.2, 0.25) is 0 Å². The average Bonchev–Trinajstić information content (AvgIpc) is 2.96. The summed E-state index contributed by atoms with van der Waals surface area (Å²) in [5.41, 5.74) is 3.07. The van der Waals surface area contributed by atoms with Crippen molar-refractivity contribution in [2.75, 3.05) is 0 Å². The second kappa shape index (κ2) is 7.77. The number of hydrogen-bond acceptors (Lipinski definition) is 2. The van der Waals surface area contributed by atoms with E-state index in [1.165, 1.54) is 19.3 Å². The van der Waals surface area contributed by atoms with Gasteiger partial charge < -0.3 is 0 Å². The van der Waals surface area contributed by atoms with E-state index in [4.69, 9.17) is 9.98 Å². The molecular formula is C23H33N3. The molecule has 0 unspecified atom stereocenters. The summed E-state index contributed by atoms with van der Waals surface area (Å²) in [7, 11) is 0. The number of allylic oxidation sites excluding steroid dienone is 1. The van der Waals surface area contributed by atoms with Crippen LogP contribution < -0.4 is 0 Å². The number of fused-ring (bicyclic) bond motifs is 3. The Morgan fingerprint density at radius 3 is 2.62 bits per heavy atom. The monoisotopic (exact) mass is 351 g/mol. The first kappa shape index (κ1) is 18.9. The highest BCUT2D eigenvalue weighted by atomic mass is 15.1. The van der Waals surface area contributed by atoms with Crippen molar-refractivity contribution in [3.8, 4) is 0 Å². The molecule has 3 nitrogen and oxygen atoms in total. The van der Waals surface area contributed by atoms with Crippen molar-refractivity contribution >= 4 is 23.3 Å². The van der Waals surface area contributed by atoms with Crippen LogP contribution in [0.5, 0.6) is 0 Å². The van der Waals surface area contributed by atoms with E-state index in [1.54, 1.807) is 0 Å². The molecule has 1 aliphatic heterocycles. The molecular weight excluding hydrogens is 318 g/mol.